The number of hydrogen-bond donors (Lipinski definition) is 0. The van der Waals surface area contributed by atoms with Crippen LogP contribution in [0.15, 0.2) is 24.3 Å². The second kappa shape index (κ2) is 11.6. The van der Waals surface area contributed by atoms with Crippen molar-refractivity contribution in [1.82, 2.24) is 0 Å². The average molecular weight is 277 g/mol. The maximum absolute atomic E-state index is 10.9. The standard InChI is InChI=1S/C18H29O2/c1-2-3-4-5-6-7-8-9-10-11-16-20-18-14-12-17(19)13-15-18/h12-15H,2-11,16H2,1H3. The average Bonchev–Trinajstić information content (AvgIpc) is 2.47. The molecule has 0 aliphatic rings. The Labute approximate surface area is 124 Å². The van der Waals surface area contributed by atoms with Gasteiger partial charge in [0.05, 0.1) is 6.61 Å². The van der Waals surface area contributed by atoms with Gasteiger partial charge in [-0.15, -0.1) is 0 Å². The van der Waals surface area contributed by atoms with Gasteiger partial charge in [0, 0.05) is 0 Å². The second-order valence-corrected chi connectivity index (χ2v) is 5.50. The van der Waals surface area contributed by atoms with Gasteiger partial charge in [0.15, 0.2) is 5.75 Å². The van der Waals surface area contributed by atoms with Gasteiger partial charge >= 0.3 is 0 Å². The molecule has 0 saturated heterocycles. The van der Waals surface area contributed by atoms with Gasteiger partial charge in [-0.3, -0.25) is 5.11 Å². The Balaban J connectivity index is 1.84. The molecule has 0 amide bonds. The molecule has 113 valence electrons. The van der Waals surface area contributed by atoms with Crippen LogP contribution < -0.4 is 4.74 Å². The summed E-state index contributed by atoms with van der Waals surface area (Å²) in [6.45, 7) is 3.02. The maximum atomic E-state index is 10.9. The van der Waals surface area contributed by atoms with E-state index in [4.69, 9.17) is 4.74 Å². The first-order chi connectivity index (χ1) is 9.83. The summed E-state index contributed by atoms with van der Waals surface area (Å²) in [5.41, 5.74) is 0. The Bertz CT molecular complexity index is 319. The summed E-state index contributed by atoms with van der Waals surface area (Å²) < 4.78 is 5.59. The lowest BCUT2D eigenvalue weighted by Gasteiger charge is -2.06. The van der Waals surface area contributed by atoms with E-state index < -0.39 is 0 Å². The molecule has 1 aromatic carbocycles. The van der Waals surface area contributed by atoms with Crippen molar-refractivity contribution in [1.29, 1.82) is 0 Å². The van der Waals surface area contributed by atoms with E-state index in [9.17, 15) is 5.11 Å². The van der Waals surface area contributed by atoms with Crippen LogP contribution in [0.3, 0.4) is 0 Å². The molecule has 2 heteroatoms. The van der Waals surface area contributed by atoms with Crippen LogP contribution in [0, 0.1) is 0 Å². The zero-order valence-corrected chi connectivity index (χ0v) is 12.9. The lowest BCUT2D eigenvalue weighted by molar-refractivity contribution is 0.302. The molecule has 2 nitrogen and oxygen atoms in total. The van der Waals surface area contributed by atoms with Crippen molar-refractivity contribution in [2.45, 2.75) is 71.1 Å². The molecule has 0 spiro atoms. The van der Waals surface area contributed by atoms with Crippen LogP contribution in [-0.4, -0.2) is 6.61 Å². The summed E-state index contributed by atoms with van der Waals surface area (Å²) in [6.07, 6.45) is 13.4. The van der Waals surface area contributed by atoms with Crippen molar-refractivity contribution in [3.8, 4) is 11.5 Å². The molecule has 0 bridgehead atoms. The number of rotatable bonds is 12. The van der Waals surface area contributed by atoms with Crippen LogP contribution in [0.4, 0.5) is 0 Å². The molecular weight excluding hydrogens is 248 g/mol. The predicted molar refractivity (Wildman–Crippen MR) is 83.9 cm³/mol. The van der Waals surface area contributed by atoms with Crippen LogP contribution in [0.5, 0.6) is 11.5 Å². The van der Waals surface area contributed by atoms with Gasteiger partial charge in [0.1, 0.15) is 5.75 Å². The highest BCUT2D eigenvalue weighted by Crippen LogP contribution is 2.17. The molecule has 20 heavy (non-hydrogen) atoms. The fraction of sp³-hybridized carbons (Fsp3) is 0.667. The minimum atomic E-state index is 0.0382. The van der Waals surface area contributed by atoms with E-state index in [1.54, 1.807) is 24.3 Å². The van der Waals surface area contributed by atoms with Gasteiger partial charge in [-0.05, 0) is 30.7 Å². The predicted octanol–water partition coefficient (Wildman–Crippen LogP) is 6.13. The van der Waals surface area contributed by atoms with E-state index in [0.717, 1.165) is 18.8 Å². The highest BCUT2D eigenvalue weighted by atomic mass is 16.5. The summed E-state index contributed by atoms with van der Waals surface area (Å²) in [4.78, 5) is 0. The summed E-state index contributed by atoms with van der Waals surface area (Å²) in [5.74, 6) is 0.844. The highest BCUT2D eigenvalue weighted by Gasteiger charge is 1.96. The summed E-state index contributed by atoms with van der Waals surface area (Å²) in [6, 6.07) is 6.60. The van der Waals surface area contributed by atoms with Crippen LogP contribution in [0.25, 0.3) is 0 Å². The van der Waals surface area contributed by atoms with Gasteiger partial charge in [-0.25, -0.2) is 0 Å². The zero-order chi connectivity index (χ0) is 14.5. The number of benzene rings is 1. The molecule has 0 saturated carbocycles. The van der Waals surface area contributed by atoms with Gasteiger partial charge < -0.3 is 4.74 Å². The quantitative estimate of drug-likeness (QED) is 0.422. The Morgan fingerprint density at radius 1 is 0.750 bits per heavy atom. The van der Waals surface area contributed by atoms with E-state index in [-0.39, 0.29) is 5.75 Å². The third-order valence-electron chi connectivity index (χ3n) is 3.59. The molecule has 0 aromatic heterocycles. The molecule has 0 aliphatic carbocycles. The monoisotopic (exact) mass is 277 g/mol. The lowest BCUT2D eigenvalue weighted by Crippen LogP contribution is -1.96. The van der Waals surface area contributed by atoms with Crippen molar-refractivity contribution in [2.24, 2.45) is 0 Å². The van der Waals surface area contributed by atoms with E-state index in [0.29, 0.717) is 0 Å². The first-order valence-corrected chi connectivity index (χ1v) is 8.23. The van der Waals surface area contributed by atoms with Crippen molar-refractivity contribution >= 4 is 0 Å². The van der Waals surface area contributed by atoms with Gasteiger partial charge in [0.25, 0.3) is 0 Å². The summed E-state index contributed by atoms with van der Waals surface area (Å²) in [5, 5.41) is 10.9. The Morgan fingerprint density at radius 2 is 1.25 bits per heavy atom. The normalized spacial score (nSPS) is 10.7. The van der Waals surface area contributed by atoms with Crippen LogP contribution in [0.1, 0.15) is 71.1 Å². The molecular formula is C18H29O2. The molecule has 1 rings (SSSR count). The minimum Gasteiger partial charge on any atom is -0.494 e. The molecule has 0 atom stereocenters. The number of unbranched alkanes of at least 4 members (excludes halogenated alkanes) is 9. The topological polar surface area (TPSA) is 29.1 Å². The zero-order valence-electron chi connectivity index (χ0n) is 12.9. The smallest absolute Gasteiger partial charge is 0.178 e. The molecule has 0 aliphatic heterocycles. The lowest BCUT2D eigenvalue weighted by atomic mass is 10.1. The molecule has 0 N–H and O–H groups in total. The van der Waals surface area contributed by atoms with Crippen molar-refractivity contribution in [3.63, 3.8) is 0 Å². The molecule has 1 aromatic rings. The van der Waals surface area contributed by atoms with Crippen molar-refractivity contribution in [3.05, 3.63) is 24.3 Å². The minimum absolute atomic E-state index is 0.0382. The van der Waals surface area contributed by atoms with Gasteiger partial charge in [-0.1, -0.05) is 64.7 Å². The van der Waals surface area contributed by atoms with Crippen LogP contribution in [0.2, 0.25) is 0 Å². The highest BCUT2D eigenvalue weighted by molar-refractivity contribution is 5.29. The molecule has 0 heterocycles. The van der Waals surface area contributed by atoms with Crippen LogP contribution >= 0.6 is 0 Å². The van der Waals surface area contributed by atoms with E-state index >= 15 is 0 Å². The molecule has 0 unspecified atom stereocenters. The third kappa shape index (κ3) is 8.84. The first kappa shape index (κ1) is 16.9. The Hall–Kier alpha value is -1.18. The second-order valence-electron chi connectivity index (χ2n) is 5.50. The van der Waals surface area contributed by atoms with Gasteiger partial charge in [-0.2, -0.15) is 0 Å². The van der Waals surface area contributed by atoms with E-state index in [2.05, 4.69) is 6.92 Å². The molecule has 0 fully saturated rings. The van der Waals surface area contributed by atoms with Gasteiger partial charge in [0.2, 0.25) is 0 Å². The van der Waals surface area contributed by atoms with Crippen LogP contribution in [-0.2, 0) is 5.11 Å². The summed E-state index contributed by atoms with van der Waals surface area (Å²) >= 11 is 0. The van der Waals surface area contributed by atoms with Crippen molar-refractivity contribution in [2.75, 3.05) is 6.61 Å². The van der Waals surface area contributed by atoms with E-state index in [1.807, 2.05) is 0 Å². The Morgan fingerprint density at radius 3 is 1.80 bits per heavy atom. The van der Waals surface area contributed by atoms with Crippen molar-refractivity contribution < 1.29 is 9.84 Å². The number of hydrogen-bond acceptors (Lipinski definition) is 1. The fourth-order valence-corrected chi connectivity index (χ4v) is 2.32. The Kier molecular flexibility index (Phi) is 9.81. The first-order valence-electron chi connectivity index (χ1n) is 8.23. The largest absolute Gasteiger partial charge is 0.494 e. The van der Waals surface area contributed by atoms with E-state index in [1.165, 1.54) is 57.8 Å². The SMILES string of the molecule is CCCCCCCCCCCCOc1ccc([O])cc1. The summed E-state index contributed by atoms with van der Waals surface area (Å²) in [7, 11) is 0. The molecule has 1 radical (unpaired) electrons. The third-order valence-corrected chi connectivity index (χ3v) is 3.59. The number of ether oxygens (including phenoxy) is 1. The fourth-order valence-electron chi connectivity index (χ4n) is 2.32. The maximum Gasteiger partial charge on any atom is 0.178 e.